The summed E-state index contributed by atoms with van der Waals surface area (Å²) in [5.41, 5.74) is 1.11. The second-order valence-corrected chi connectivity index (χ2v) is 11.1. The third-order valence-electron chi connectivity index (χ3n) is 5.96. The average Bonchev–Trinajstić information content (AvgIpc) is 3.41. The molecule has 1 unspecified atom stereocenters. The minimum Gasteiger partial charge on any atom is -0.508 e. The summed E-state index contributed by atoms with van der Waals surface area (Å²) in [7, 11) is -0.00206. The van der Waals surface area contributed by atoms with Crippen molar-refractivity contribution in [2.24, 2.45) is 11.8 Å². The van der Waals surface area contributed by atoms with Crippen molar-refractivity contribution >= 4 is 17.1 Å². The number of aromatic hydroxyl groups is 1. The number of carbonyl (C=O) groups is 1. The summed E-state index contributed by atoms with van der Waals surface area (Å²) in [6.07, 6.45) is 2.87. The van der Waals surface area contributed by atoms with Crippen molar-refractivity contribution in [2.45, 2.75) is 50.5 Å². The number of nitrogens with zero attached hydrogens (tertiary/aromatic N) is 1. The third-order valence-corrected chi connectivity index (χ3v) is 7.44. The number of carbonyl (C=O) groups excluding carboxylic acids is 1. The molecule has 37 heavy (non-hydrogen) atoms. The zero-order chi connectivity index (χ0) is 27.0. The Hall–Kier alpha value is -2.46. The van der Waals surface area contributed by atoms with Crippen LogP contribution in [0.1, 0.15) is 38.7 Å². The van der Waals surface area contributed by atoms with E-state index in [4.69, 9.17) is 14.6 Å². The Morgan fingerprint density at radius 2 is 1.89 bits per heavy atom. The first kappa shape index (κ1) is 30.8. The van der Waals surface area contributed by atoms with Crippen LogP contribution in [-0.4, -0.2) is 70.9 Å². The number of aliphatic hydroxyl groups excluding tert-OH is 1. The quantitative estimate of drug-likeness (QED) is 0.378. The number of benzene rings is 2. The SMILES string of the molecule is COC(=O)N[C@H](CCN(CC(C)C)S(=O)c1ccc(O)cc1)Cc1ccccc1.OCC[C@H]1CCOC1. The van der Waals surface area contributed by atoms with E-state index in [1.54, 1.807) is 12.1 Å². The lowest BCUT2D eigenvalue weighted by atomic mass is 10.0. The number of hydrogen-bond donors (Lipinski definition) is 3. The Bertz CT molecular complexity index is 920. The van der Waals surface area contributed by atoms with Gasteiger partial charge in [-0.3, -0.25) is 0 Å². The topological polar surface area (TPSA) is 108 Å². The molecule has 0 bridgehead atoms. The Balaban J connectivity index is 0.000000510. The van der Waals surface area contributed by atoms with Crippen LogP contribution in [0.5, 0.6) is 5.75 Å². The fourth-order valence-electron chi connectivity index (χ4n) is 4.00. The Labute approximate surface area is 223 Å². The number of aliphatic hydroxyl groups is 1. The smallest absolute Gasteiger partial charge is 0.407 e. The minimum absolute atomic E-state index is 0.142. The maximum atomic E-state index is 13.1. The molecular weight excluding hydrogens is 492 g/mol. The van der Waals surface area contributed by atoms with Crippen molar-refractivity contribution in [1.29, 1.82) is 0 Å². The molecule has 2 aromatic carbocycles. The van der Waals surface area contributed by atoms with Gasteiger partial charge in [0, 0.05) is 39.0 Å². The number of amides is 1. The van der Waals surface area contributed by atoms with Crippen LogP contribution in [0.4, 0.5) is 4.79 Å². The van der Waals surface area contributed by atoms with Gasteiger partial charge in [-0.25, -0.2) is 13.3 Å². The average molecular weight is 535 g/mol. The first-order chi connectivity index (χ1) is 17.8. The molecule has 9 heteroatoms. The molecule has 0 radical (unpaired) electrons. The van der Waals surface area contributed by atoms with Crippen molar-refractivity contribution in [2.75, 3.05) is 40.0 Å². The van der Waals surface area contributed by atoms with Gasteiger partial charge < -0.3 is 25.0 Å². The van der Waals surface area contributed by atoms with E-state index in [0.717, 1.165) is 31.6 Å². The van der Waals surface area contributed by atoms with Gasteiger partial charge in [-0.2, -0.15) is 0 Å². The third kappa shape index (κ3) is 12.1. The molecule has 8 nitrogen and oxygen atoms in total. The van der Waals surface area contributed by atoms with E-state index in [1.807, 2.05) is 34.6 Å². The molecule has 1 fully saturated rings. The summed E-state index contributed by atoms with van der Waals surface area (Å²) < 4.78 is 24.9. The van der Waals surface area contributed by atoms with Crippen molar-refractivity contribution in [3.63, 3.8) is 0 Å². The van der Waals surface area contributed by atoms with Crippen LogP contribution >= 0.6 is 0 Å². The summed E-state index contributed by atoms with van der Waals surface area (Å²) in [6, 6.07) is 16.2. The molecule has 1 aliphatic rings. The molecule has 0 aromatic heterocycles. The molecule has 1 heterocycles. The van der Waals surface area contributed by atoms with Crippen molar-refractivity contribution in [3.8, 4) is 5.75 Å². The molecule has 0 spiro atoms. The van der Waals surface area contributed by atoms with Gasteiger partial charge in [0.25, 0.3) is 0 Å². The second kappa shape index (κ2) is 17.1. The van der Waals surface area contributed by atoms with E-state index in [-0.39, 0.29) is 11.8 Å². The molecule has 3 atom stereocenters. The largest absolute Gasteiger partial charge is 0.508 e. The van der Waals surface area contributed by atoms with E-state index in [0.29, 0.717) is 49.3 Å². The van der Waals surface area contributed by atoms with Crippen LogP contribution in [0.2, 0.25) is 0 Å². The summed E-state index contributed by atoms with van der Waals surface area (Å²) in [6.45, 7) is 7.43. The highest BCUT2D eigenvalue weighted by Crippen LogP contribution is 2.18. The highest BCUT2D eigenvalue weighted by molar-refractivity contribution is 7.82. The van der Waals surface area contributed by atoms with E-state index in [9.17, 15) is 14.1 Å². The van der Waals surface area contributed by atoms with Crippen LogP contribution in [0.15, 0.2) is 59.5 Å². The predicted octanol–water partition coefficient (Wildman–Crippen LogP) is 4.14. The Morgan fingerprint density at radius 1 is 1.19 bits per heavy atom. The van der Waals surface area contributed by atoms with Gasteiger partial charge in [-0.05, 0) is 67.3 Å². The number of phenolic OH excluding ortho intramolecular Hbond substituents is 1. The summed E-state index contributed by atoms with van der Waals surface area (Å²) >= 11 is 0. The lowest BCUT2D eigenvalue weighted by molar-refractivity contribution is 0.165. The van der Waals surface area contributed by atoms with E-state index < -0.39 is 17.1 Å². The number of ether oxygens (including phenoxy) is 2. The first-order valence-electron chi connectivity index (χ1n) is 12.8. The molecule has 206 valence electrons. The monoisotopic (exact) mass is 534 g/mol. The Morgan fingerprint density at radius 3 is 2.46 bits per heavy atom. The van der Waals surface area contributed by atoms with Gasteiger partial charge in [0.15, 0.2) is 0 Å². The molecule has 2 aromatic rings. The number of phenols is 1. The highest BCUT2D eigenvalue weighted by Gasteiger charge is 2.20. The number of rotatable bonds is 12. The van der Waals surface area contributed by atoms with Crippen LogP contribution in [0.3, 0.4) is 0 Å². The highest BCUT2D eigenvalue weighted by atomic mass is 32.2. The van der Waals surface area contributed by atoms with Crippen LogP contribution in [-0.2, 0) is 26.9 Å². The fourth-order valence-corrected chi connectivity index (χ4v) is 5.38. The zero-order valence-corrected chi connectivity index (χ0v) is 23.0. The lowest BCUT2D eigenvalue weighted by Crippen LogP contribution is -2.40. The van der Waals surface area contributed by atoms with Crippen LogP contribution in [0.25, 0.3) is 0 Å². The molecular formula is C28H42N2O6S. The number of nitrogens with one attached hydrogen (secondary N) is 1. The van der Waals surface area contributed by atoms with Crippen molar-refractivity contribution in [1.82, 2.24) is 9.62 Å². The molecule has 1 aliphatic heterocycles. The minimum atomic E-state index is -1.35. The normalized spacial score (nSPS) is 16.6. The molecule has 0 saturated carbocycles. The van der Waals surface area contributed by atoms with Gasteiger partial charge in [0.05, 0.1) is 12.0 Å². The maximum Gasteiger partial charge on any atom is 0.407 e. The predicted molar refractivity (Wildman–Crippen MR) is 146 cm³/mol. The first-order valence-corrected chi connectivity index (χ1v) is 14.0. The molecule has 3 N–H and O–H groups in total. The standard InChI is InChI=1S/C22H30N2O4S.C6H12O2/c1-17(2)16-24(29(27)21-11-9-20(25)10-12-21)14-13-19(23-22(26)28-3)15-18-7-5-4-6-8-18;7-3-1-6-2-4-8-5-6/h4-12,17,19,25H,13-16H2,1-3H3,(H,23,26);6-7H,1-5H2/t19-,29?;6-/m10/s1. The maximum absolute atomic E-state index is 13.1. The van der Waals surface area contributed by atoms with E-state index in [2.05, 4.69) is 19.2 Å². The van der Waals surface area contributed by atoms with E-state index in [1.165, 1.54) is 19.2 Å². The fraction of sp³-hybridized carbons (Fsp3) is 0.536. The van der Waals surface area contributed by atoms with Crippen molar-refractivity contribution in [3.05, 3.63) is 60.2 Å². The second-order valence-electron chi connectivity index (χ2n) is 9.58. The number of hydrogen-bond acceptors (Lipinski definition) is 6. The van der Waals surface area contributed by atoms with Crippen molar-refractivity contribution < 1.29 is 28.7 Å². The molecule has 0 aliphatic carbocycles. The van der Waals surface area contributed by atoms with Gasteiger partial charge in [0.1, 0.15) is 16.7 Å². The molecule has 1 saturated heterocycles. The van der Waals surface area contributed by atoms with Crippen LogP contribution in [0, 0.1) is 11.8 Å². The molecule has 1 amide bonds. The zero-order valence-electron chi connectivity index (χ0n) is 22.2. The molecule has 3 rings (SSSR count). The Kier molecular flexibility index (Phi) is 14.2. The number of methoxy groups -OCH3 is 1. The van der Waals surface area contributed by atoms with Gasteiger partial charge in [-0.15, -0.1) is 0 Å². The van der Waals surface area contributed by atoms with Crippen LogP contribution < -0.4 is 5.32 Å². The number of alkyl carbamates (subject to hydrolysis) is 1. The lowest BCUT2D eigenvalue weighted by Gasteiger charge is -2.26. The van der Waals surface area contributed by atoms with Gasteiger partial charge in [0.2, 0.25) is 0 Å². The summed E-state index contributed by atoms with van der Waals surface area (Å²) in [5, 5.41) is 20.8. The summed E-state index contributed by atoms with van der Waals surface area (Å²) in [4.78, 5) is 12.4. The van der Waals surface area contributed by atoms with Gasteiger partial charge in [-0.1, -0.05) is 44.2 Å². The summed E-state index contributed by atoms with van der Waals surface area (Å²) in [5.74, 6) is 1.11. The van der Waals surface area contributed by atoms with Gasteiger partial charge >= 0.3 is 6.09 Å². The van der Waals surface area contributed by atoms with E-state index >= 15 is 0 Å².